The van der Waals surface area contributed by atoms with E-state index in [2.05, 4.69) is 31.4 Å². The molecule has 5 nitrogen and oxygen atoms in total. The molecular weight excluding hydrogens is 306 g/mol. The van der Waals surface area contributed by atoms with Crippen molar-refractivity contribution in [2.24, 2.45) is 5.41 Å². The quantitative estimate of drug-likeness (QED) is 0.914. The Morgan fingerprint density at radius 2 is 2.14 bits per heavy atom. The van der Waals surface area contributed by atoms with Gasteiger partial charge in [-0.25, -0.2) is 4.98 Å². The van der Waals surface area contributed by atoms with E-state index in [4.69, 9.17) is 0 Å². The van der Waals surface area contributed by atoms with Gasteiger partial charge in [0.25, 0.3) is 0 Å². The molecule has 2 aliphatic heterocycles. The van der Waals surface area contributed by atoms with Crippen LogP contribution in [0.4, 0.5) is 5.13 Å². The van der Waals surface area contributed by atoms with Crippen LogP contribution in [0.25, 0.3) is 0 Å². The van der Waals surface area contributed by atoms with E-state index in [-0.39, 0.29) is 12.4 Å². The Morgan fingerprint density at radius 3 is 2.81 bits per heavy atom. The van der Waals surface area contributed by atoms with E-state index in [1.807, 2.05) is 6.92 Å². The molecule has 0 radical (unpaired) electrons. The average Bonchev–Trinajstić information content (AvgIpc) is 2.95. The first-order valence-corrected chi connectivity index (χ1v) is 8.40. The number of nitrogens with one attached hydrogen (secondary N) is 1. The number of hydrogen-bond donors (Lipinski definition) is 1. The van der Waals surface area contributed by atoms with Gasteiger partial charge in [0, 0.05) is 44.3 Å². The summed E-state index contributed by atoms with van der Waals surface area (Å²) in [6.07, 6.45) is 2.53. The number of nitrogens with zero attached hydrogens (tertiary/aromatic N) is 4. The molecule has 2 saturated heterocycles. The molecule has 3 heterocycles. The zero-order valence-electron chi connectivity index (χ0n) is 13.0. The van der Waals surface area contributed by atoms with Crippen molar-refractivity contribution >= 4 is 29.1 Å². The predicted octanol–water partition coefficient (Wildman–Crippen LogP) is 1.78. The zero-order chi connectivity index (χ0) is 14.0. The van der Waals surface area contributed by atoms with E-state index >= 15 is 0 Å². The van der Waals surface area contributed by atoms with E-state index in [0.29, 0.717) is 5.41 Å². The second-order valence-electron chi connectivity index (χ2n) is 6.48. The van der Waals surface area contributed by atoms with Crippen molar-refractivity contribution in [2.75, 3.05) is 50.7 Å². The minimum Gasteiger partial charge on any atom is -0.346 e. The number of anilines is 1. The maximum absolute atomic E-state index is 4.52. The molecule has 7 heteroatoms. The molecule has 1 atom stereocenters. The maximum Gasteiger partial charge on any atom is 0.205 e. The number of aryl methyl sites for hydroxylation is 1. The number of halogens is 1. The van der Waals surface area contributed by atoms with Crippen LogP contribution in [0.15, 0.2) is 0 Å². The Bertz CT molecular complexity index is 446. The summed E-state index contributed by atoms with van der Waals surface area (Å²) in [6.45, 7) is 12.5. The Balaban J connectivity index is 0.00000161. The van der Waals surface area contributed by atoms with Gasteiger partial charge in [-0.3, -0.25) is 0 Å². The van der Waals surface area contributed by atoms with Crippen molar-refractivity contribution in [3.63, 3.8) is 0 Å². The maximum atomic E-state index is 4.52. The highest BCUT2D eigenvalue weighted by Gasteiger charge is 2.31. The first-order chi connectivity index (χ1) is 9.65. The molecule has 21 heavy (non-hydrogen) atoms. The van der Waals surface area contributed by atoms with E-state index in [1.54, 1.807) is 0 Å². The van der Waals surface area contributed by atoms with E-state index in [0.717, 1.165) is 30.6 Å². The lowest BCUT2D eigenvalue weighted by Crippen LogP contribution is -2.39. The fourth-order valence-corrected chi connectivity index (χ4v) is 4.00. The molecule has 2 fully saturated rings. The van der Waals surface area contributed by atoms with Gasteiger partial charge < -0.3 is 15.1 Å². The Hall–Kier alpha value is -0.430. The van der Waals surface area contributed by atoms with Crippen LogP contribution in [0.3, 0.4) is 0 Å². The third-order valence-corrected chi connectivity index (χ3v) is 5.31. The van der Waals surface area contributed by atoms with Crippen molar-refractivity contribution < 1.29 is 0 Å². The fraction of sp³-hybridized carbons (Fsp3) is 0.857. The lowest BCUT2D eigenvalue weighted by Gasteiger charge is -2.31. The van der Waals surface area contributed by atoms with Crippen LogP contribution in [-0.2, 0) is 0 Å². The molecule has 0 saturated carbocycles. The largest absolute Gasteiger partial charge is 0.346 e. The van der Waals surface area contributed by atoms with Crippen LogP contribution in [0.2, 0.25) is 0 Å². The third-order valence-electron chi connectivity index (χ3n) is 4.44. The molecule has 0 amide bonds. The highest BCUT2D eigenvalue weighted by molar-refractivity contribution is 7.09. The molecule has 0 aliphatic carbocycles. The SMILES string of the molecule is Cc1nsc(N2CCCN(CC3(C)CCNC3)CC2)n1.Cl. The van der Waals surface area contributed by atoms with Gasteiger partial charge in [0.15, 0.2) is 0 Å². The van der Waals surface area contributed by atoms with Gasteiger partial charge in [-0.1, -0.05) is 6.92 Å². The minimum absolute atomic E-state index is 0. The molecule has 2 aliphatic rings. The van der Waals surface area contributed by atoms with Gasteiger partial charge in [-0.15, -0.1) is 12.4 Å². The summed E-state index contributed by atoms with van der Waals surface area (Å²) in [6, 6.07) is 0. The zero-order valence-corrected chi connectivity index (χ0v) is 14.6. The summed E-state index contributed by atoms with van der Waals surface area (Å²) in [5.74, 6) is 0.899. The van der Waals surface area contributed by atoms with Crippen LogP contribution in [-0.4, -0.2) is 60.1 Å². The van der Waals surface area contributed by atoms with Gasteiger partial charge in [0.2, 0.25) is 5.13 Å². The van der Waals surface area contributed by atoms with Gasteiger partial charge >= 0.3 is 0 Å². The van der Waals surface area contributed by atoms with Gasteiger partial charge in [-0.2, -0.15) is 4.37 Å². The van der Waals surface area contributed by atoms with Crippen molar-refractivity contribution in [3.05, 3.63) is 5.82 Å². The standard InChI is InChI=1S/C14H25N5S.ClH/c1-12-16-13(20-17-12)19-7-3-6-18(8-9-19)11-14(2)4-5-15-10-14;/h15H,3-11H2,1-2H3;1H. The first kappa shape index (κ1) is 16.9. The summed E-state index contributed by atoms with van der Waals surface area (Å²) >= 11 is 1.54. The molecule has 120 valence electrons. The fourth-order valence-electron chi connectivity index (χ4n) is 3.28. The molecule has 0 bridgehead atoms. The number of rotatable bonds is 3. The summed E-state index contributed by atoms with van der Waals surface area (Å²) in [5, 5.41) is 4.60. The molecular formula is C14H26ClN5S. The van der Waals surface area contributed by atoms with E-state index in [1.165, 1.54) is 50.6 Å². The van der Waals surface area contributed by atoms with E-state index in [9.17, 15) is 0 Å². The van der Waals surface area contributed by atoms with Crippen LogP contribution < -0.4 is 10.2 Å². The topological polar surface area (TPSA) is 44.3 Å². The molecule has 1 aromatic heterocycles. The smallest absolute Gasteiger partial charge is 0.205 e. The summed E-state index contributed by atoms with van der Waals surface area (Å²) in [7, 11) is 0. The number of aromatic nitrogens is 2. The van der Waals surface area contributed by atoms with Crippen LogP contribution >= 0.6 is 23.9 Å². The monoisotopic (exact) mass is 331 g/mol. The second-order valence-corrected chi connectivity index (χ2v) is 7.21. The summed E-state index contributed by atoms with van der Waals surface area (Å²) in [5.41, 5.74) is 0.467. The molecule has 1 N–H and O–H groups in total. The minimum atomic E-state index is 0. The van der Waals surface area contributed by atoms with Crippen LogP contribution in [0.5, 0.6) is 0 Å². The first-order valence-electron chi connectivity index (χ1n) is 7.63. The molecule has 0 aromatic carbocycles. The lowest BCUT2D eigenvalue weighted by molar-refractivity contribution is 0.187. The molecule has 1 unspecified atom stereocenters. The average molecular weight is 332 g/mol. The van der Waals surface area contributed by atoms with E-state index < -0.39 is 0 Å². The van der Waals surface area contributed by atoms with Crippen LogP contribution in [0.1, 0.15) is 25.6 Å². The molecule has 0 spiro atoms. The van der Waals surface area contributed by atoms with Gasteiger partial charge in [0.1, 0.15) is 5.82 Å². The van der Waals surface area contributed by atoms with Crippen molar-refractivity contribution in [1.29, 1.82) is 0 Å². The van der Waals surface area contributed by atoms with Crippen molar-refractivity contribution in [3.8, 4) is 0 Å². The van der Waals surface area contributed by atoms with Crippen LogP contribution in [0, 0.1) is 12.3 Å². The Morgan fingerprint density at radius 1 is 1.29 bits per heavy atom. The van der Waals surface area contributed by atoms with Crippen molar-refractivity contribution in [1.82, 2.24) is 19.6 Å². The molecule has 1 aromatic rings. The summed E-state index contributed by atoms with van der Waals surface area (Å²) in [4.78, 5) is 9.57. The summed E-state index contributed by atoms with van der Waals surface area (Å²) < 4.78 is 4.30. The highest BCUT2D eigenvalue weighted by atomic mass is 35.5. The molecule has 3 rings (SSSR count). The third kappa shape index (κ3) is 4.28. The Kier molecular flexibility index (Phi) is 5.82. The number of hydrogen-bond acceptors (Lipinski definition) is 6. The normalized spacial score (nSPS) is 27.4. The van der Waals surface area contributed by atoms with Gasteiger partial charge in [-0.05, 0) is 38.3 Å². The highest BCUT2D eigenvalue weighted by Crippen LogP contribution is 2.26. The van der Waals surface area contributed by atoms with Crippen molar-refractivity contribution in [2.45, 2.75) is 26.7 Å². The van der Waals surface area contributed by atoms with Gasteiger partial charge in [0.05, 0.1) is 0 Å². The second kappa shape index (κ2) is 7.22. The predicted molar refractivity (Wildman–Crippen MR) is 90.8 cm³/mol. The lowest BCUT2D eigenvalue weighted by atomic mass is 9.89. The Labute approximate surface area is 137 Å².